The molecular formula is C17H19N3OS. The normalized spacial score (nSPS) is 18.5. The highest BCUT2D eigenvalue weighted by molar-refractivity contribution is 7.14. The summed E-state index contributed by atoms with van der Waals surface area (Å²) >= 11 is 1.69. The predicted molar refractivity (Wildman–Crippen MR) is 89.1 cm³/mol. The SMILES string of the molecule is O=C(C1CC1)N1CCN(c2nc(-c3ccccc3)cs2)CC1. The Kier molecular flexibility index (Phi) is 3.58. The lowest BCUT2D eigenvalue weighted by atomic mass is 10.2. The summed E-state index contributed by atoms with van der Waals surface area (Å²) in [6.07, 6.45) is 2.18. The quantitative estimate of drug-likeness (QED) is 0.874. The van der Waals surface area contributed by atoms with Gasteiger partial charge in [0.25, 0.3) is 0 Å². The molecule has 1 aromatic carbocycles. The Morgan fingerprint density at radius 1 is 1.09 bits per heavy atom. The third kappa shape index (κ3) is 2.73. The van der Waals surface area contributed by atoms with Gasteiger partial charge in [-0.25, -0.2) is 4.98 Å². The first kappa shape index (κ1) is 13.8. The molecule has 1 amide bonds. The summed E-state index contributed by atoms with van der Waals surface area (Å²) < 4.78 is 0. The molecule has 1 saturated carbocycles. The van der Waals surface area contributed by atoms with Crippen LogP contribution < -0.4 is 4.90 Å². The minimum atomic E-state index is 0.330. The third-order valence-electron chi connectivity index (χ3n) is 4.35. The van der Waals surface area contributed by atoms with Gasteiger partial charge < -0.3 is 9.80 Å². The molecule has 0 bridgehead atoms. The maximum Gasteiger partial charge on any atom is 0.225 e. The largest absolute Gasteiger partial charge is 0.345 e. The molecule has 4 nitrogen and oxygen atoms in total. The van der Waals surface area contributed by atoms with Gasteiger partial charge in [-0.2, -0.15) is 0 Å². The fraction of sp³-hybridized carbons (Fsp3) is 0.412. The molecule has 4 rings (SSSR count). The van der Waals surface area contributed by atoms with Gasteiger partial charge in [-0.1, -0.05) is 30.3 Å². The summed E-state index contributed by atoms with van der Waals surface area (Å²) in [4.78, 5) is 21.2. The van der Waals surface area contributed by atoms with Crippen molar-refractivity contribution in [2.75, 3.05) is 31.1 Å². The van der Waals surface area contributed by atoms with Crippen molar-refractivity contribution in [3.05, 3.63) is 35.7 Å². The molecule has 2 aromatic rings. The summed E-state index contributed by atoms with van der Waals surface area (Å²) in [5, 5.41) is 3.18. The van der Waals surface area contributed by atoms with Crippen molar-refractivity contribution in [3.63, 3.8) is 0 Å². The Labute approximate surface area is 134 Å². The van der Waals surface area contributed by atoms with Crippen molar-refractivity contribution >= 4 is 22.4 Å². The van der Waals surface area contributed by atoms with E-state index in [9.17, 15) is 4.79 Å². The van der Waals surface area contributed by atoms with Gasteiger partial charge >= 0.3 is 0 Å². The van der Waals surface area contributed by atoms with Crippen LogP contribution in [0.3, 0.4) is 0 Å². The number of hydrogen-bond donors (Lipinski definition) is 0. The second kappa shape index (κ2) is 5.72. The Hall–Kier alpha value is -1.88. The van der Waals surface area contributed by atoms with E-state index in [1.165, 1.54) is 0 Å². The van der Waals surface area contributed by atoms with Crippen molar-refractivity contribution in [3.8, 4) is 11.3 Å². The lowest BCUT2D eigenvalue weighted by Gasteiger charge is -2.34. The van der Waals surface area contributed by atoms with Crippen LogP contribution in [-0.4, -0.2) is 42.0 Å². The van der Waals surface area contributed by atoms with E-state index in [-0.39, 0.29) is 0 Å². The van der Waals surface area contributed by atoms with Gasteiger partial charge in [0, 0.05) is 43.0 Å². The van der Waals surface area contributed by atoms with Gasteiger partial charge in [0.05, 0.1) is 5.69 Å². The number of piperazine rings is 1. The van der Waals surface area contributed by atoms with E-state index in [4.69, 9.17) is 4.98 Å². The number of amides is 1. The molecule has 1 saturated heterocycles. The van der Waals surface area contributed by atoms with E-state index in [1.807, 2.05) is 23.1 Å². The second-order valence-corrected chi connectivity index (χ2v) is 6.80. The van der Waals surface area contributed by atoms with Crippen LogP contribution in [0.25, 0.3) is 11.3 Å². The summed E-state index contributed by atoms with van der Waals surface area (Å²) in [6, 6.07) is 10.3. The highest BCUT2D eigenvalue weighted by atomic mass is 32.1. The van der Waals surface area contributed by atoms with Crippen molar-refractivity contribution in [1.29, 1.82) is 0 Å². The van der Waals surface area contributed by atoms with Crippen molar-refractivity contribution in [2.24, 2.45) is 5.92 Å². The minimum absolute atomic E-state index is 0.330. The van der Waals surface area contributed by atoms with Gasteiger partial charge in [-0.05, 0) is 12.8 Å². The average molecular weight is 313 g/mol. The number of aromatic nitrogens is 1. The van der Waals surface area contributed by atoms with Crippen LogP contribution in [0.15, 0.2) is 35.7 Å². The van der Waals surface area contributed by atoms with E-state index < -0.39 is 0 Å². The number of nitrogens with zero attached hydrogens (tertiary/aromatic N) is 3. The van der Waals surface area contributed by atoms with E-state index in [1.54, 1.807) is 11.3 Å². The molecule has 1 aliphatic carbocycles. The zero-order valence-corrected chi connectivity index (χ0v) is 13.3. The molecule has 22 heavy (non-hydrogen) atoms. The van der Waals surface area contributed by atoms with Gasteiger partial charge in [0.1, 0.15) is 0 Å². The first-order chi connectivity index (χ1) is 10.8. The third-order valence-corrected chi connectivity index (χ3v) is 5.25. The number of carbonyl (C=O) groups excluding carboxylic acids is 1. The van der Waals surface area contributed by atoms with Crippen molar-refractivity contribution in [1.82, 2.24) is 9.88 Å². The molecule has 0 N–H and O–H groups in total. The molecule has 0 unspecified atom stereocenters. The fourth-order valence-electron chi connectivity index (χ4n) is 2.86. The zero-order valence-electron chi connectivity index (χ0n) is 12.4. The molecular weight excluding hydrogens is 294 g/mol. The van der Waals surface area contributed by atoms with Gasteiger partial charge in [-0.15, -0.1) is 11.3 Å². The molecule has 0 atom stereocenters. The van der Waals surface area contributed by atoms with Crippen LogP contribution in [0, 0.1) is 5.92 Å². The monoisotopic (exact) mass is 313 g/mol. The standard InChI is InChI=1S/C17H19N3OS/c21-16(14-6-7-14)19-8-10-20(11-9-19)17-18-15(12-22-17)13-4-2-1-3-5-13/h1-5,12,14H,6-11H2. The minimum Gasteiger partial charge on any atom is -0.345 e. The Balaban J connectivity index is 1.41. The van der Waals surface area contributed by atoms with E-state index in [0.29, 0.717) is 11.8 Å². The highest BCUT2D eigenvalue weighted by Gasteiger charge is 2.34. The molecule has 0 spiro atoms. The van der Waals surface area contributed by atoms with E-state index in [2.05, 4.69) is 22.4 Å². The Morgan fingerprint density at radius 3 is 2.50 bits per heavy atom. The maximum absolute atomic E-state index is 12.1. The van der Waals surface area contributed by atoms with Crippen LogP contribution in [0.4, 0.5) is 5.13 Å². The van der Waals surface area contributed by atoms with Crippen LogP contribution in [0.5, 0.6) is 0 Å². The van der Waals surface area contributed by atoms with Crippen LogP contribution in [-0.2, 0) is 4.79 Å². The highest BCUT2D eigenvalue weighted by Crippen LogP contribution is 2.32. The number of rotatable bonds is 3. The zero-order chi connectivity index (χ0) is 14.9. The number of benzene rings is 1. The summed E-state index contributed by atoms with van der Waals surface area (Å²) in [5.74, 6) is 0.694. The Morgan fingerprint density at radius 2 is 1.82 bits per heavy atom. The second-order valence-electron chi connectivity index (χ2n) is 5.97. The van der Waals surface area contributed by atoms with Crippen LogP contribution in [0.2, 0.25) is 0 Å². The molecule has 2 aliphatic rings. The smallest absolute Gasteiger partial charge is 0.225 e. The molecule has 0 radical (unpaired) electrons. The van der Waals surface area contributed by atoms with Gasteiger partial charge in [-0.3, -0.25) is 4.79 Å². The summed E-state index contributed by atoms with van der Waals surface area (Å²) in [6.45, 7) is 3.44. The summed E-state index contributed by atoms with van der Waals surface area (Å²) in [5.41, 5.74) is 2.20. The van der Waals surface area contributed by atoms with Crippen molar-refractivity contribution < 1.29 is 4.79 Å². The molecule has 114 valence electrons. The molecule has 5 heteroatoms. The van der Waals surface area contributed by atoms with Crippen molar-refractivity contribution in [2.45, 2.75) is 12.8 Å². The van der Waals surface area contributed by atoms with E-state index >= 15 is 0 Å². The number of anilines is 1. The number of carbonyl (C=O) groups is 1. The maximum atomic E-state index is 12.1. The molecule has 1 aliphatic heterocycles. The Bertz CT molecular complexity index is 658. The van der Waals surface area contributed by atoms with E-state index in [0.717, 1.165) is 55.4 Å². The first-order valence-electron chi connectivity index (χ1n) is 7.86. The topological polar surface area (TPSA) is 36.4 Å². The van der Waals surface area contributed by atoms with Gasteiger partial charge in [0.2, 0.25) is 5.91 Å². The van der Waals surface area contributed by atoms with Gasteiger partial charge in [0.15, 0.2) is 5.13 Å². The van der Waals surface area contributed by atoms with Crippen LogP contribution >= 0.6 is 11.3 Å². The number of hydrogen-bond acceptors (Lipinski definition) is 4. The lowest BCUT2D eigenvalue weighted by Crippen LogP contribution is -2.49. The average Bonchev–Trinajstić information content (AvgIpc) is 3.32. The lowest BCUT2D eigenvalue weighted by molar-refractivity contribution is -0.132. The molecule has 2 fully saturated rings. The summed E-state index contributed by atoms with van der Waals surface area (Å²) in [7, 11) is 0. The fourth-order valence-corrected chi connectivity index (χ4v) is 3.75. The number of thiazole rings is 1. The molecule has 2 heterocycles. The molecule has 1 aromatic heterocycles. The first-order valence-corrected chi connectivity index (χ1v) is 8.74. The predicted octanol–water partition coefficient (Wildman–Crippen LogP) is 2.87. The van der Waals surface area contributed by atoms with Crippen LogP contribution in [0.1, 0.15) is 12.8 Å².